The van der Waals surface area contributed by atoms with Crippen molar-refractivity contribution in [3.63, 3.8) is 0 Å². The van der Waals surface area contributed by atoms with Crippen molar-refractivity contribution in [3.05, 3.63) is 82.8 Å². The summed E-state index contributed by atoms with van der Waals surface area (Å²) in [5.74, 6) is 1.42. The van der Waals surface area contributed by atoms with Crippen molar-refractivity contribution in [3.8, 4) is 0 Å². The van der Waals surface area contributed by atoms with Crippen molar-refractivity contribution >= 4 is 17.4 Å². The third-order valence-corrected chi connectivity index (χ3v) is 4.46. The van der Waals surface area contributed by atoms with Gasteiger partial charge in [0.05, 0.1) is 0 Å². The minimum Gasteiger partial charge on any atom is -0.347 e. The van der Waals surface area contributed by atoms with E-state index >= 15 is 0 Å². The highest BCUT2D eigenvalue weighted by molar-refractivity contribution is 5.93. The van der Waals surface area contributed by atoms with E-state index in [1.807, 2.05) is 37.3 Å². The van der Waals surface area contributed by atoms with E-state index in [0.717, 1.165) is 11.3 Å². The molecule has 5 heteroatoms. The smallest absolute Gasteiger partial charge is 0.270 e. The van der Waals surface area contributed by atoms with Crippen LogP contribution in [0.25, 0.3) is 0 Å². The fraction of sp³-hybridized carbons (Fsp3) is 0.261. The Morgan fingerprint density at radius 3 is 2.43 bits per heavy atom. The predicted molar refractivity (Wildman–Crippen MR) is 113 cm³/mol. The quantitative estimate of drug-likeness (QED) is 0.645. The molecule has 0 unspecified atom stereocenters. The molecule has 0 saturated carbocycles. The number of hydrogen-bond donors (Lipinski definition) is 2. The van der Waals surface area contributed by atoms with E-state index < -0.39 is 0 Å². The summed E-state index contributed by atoms with van der Waals surface area (Å²) < 4.78 is 0. The molecule has 0 saturated heterocycles. The fourth-order valence-corrected chi connectivity index (χ4v) is 2.94. The minimum atomic E-state index is -0.217. The number of aryl methyl sites for hydroxylation is 2. The topological polar surface area (TPSA) is 66.9 Å². The molecule has 0 aliphatic rings. The van der Waals surface area contributed by atoms with Crippen LogP contribution in [0.3, 0.4) is 0 Å². The van der Waals surface area contributed by atoms with E-state index in [9.17, 15) is 4.79 Å². The minimum absolute atomic E-state index is 0.217. The van der Waals surface area contributed by atoms with E-state index in [2.05, 4.69) is 52.6 Å². The molecular weight excluding hydrogens is 348 g/mol. The summed E-state index contributed by atoms with van der Waals surface area (Å²) in [5.41, 5.74) is 4.78. The van der Waals surface area contributed by atoms with E-state index in [-0.39, 0.29) is 5.91 Å². The van der Waals surface area contributed by atoms with Crippen molar-refractivity contribution in [1.82, 2.24) is 15.3 Å². The Balaban J connectivity index is 1.70. The van der Waals surface area contributed by atoms with Crippen molar-refractivity contribution in [2.45, 2.75) is 40.2 Å². The molecule has 3 rings (SSSR count). The van der Waals surface area contributed by atoms with Gasteiger partial charge in [-0.2, -0.15) is 0 Å². The number of anilines is 2. The molecule has 0 atom stereocenters. The van der Waals surface area contributed by atoms with Gasteiger partial charge in [0.25, 0.3) is 5.91 Å². The number of benzene rings is 2. The second-order valence-electron chi connectivity index (χ2n) is 7.26. The maximum atomic E-state index is 12.6. The third kappa shape index (κ3) is 5.16. The van der Waals surface area contributed by atoms with Crippen LogP contribution in [-0.4, -0.2) is 15.9 Å². The molecule has 0 radical (unpaired) electrons. The molecule has 28 heavy (non-hydrogen) atoms. The van der Waals surface area contributed by atoms with Crippen LogP contribution < -0.4 is 10.6 Å². The first-order chi connectivity index (χ1) is 13.4. The van der Waals surface area contributed by atoms with Crippen LogP contribution in [0.1, 0.15) is 52.8 Å². The molecule has 144 valence electrons. The Bertz CT molecular complexity index is 965. The molecule has 0 aliphatic heterocycles. The van der Waals surface area contributed by atoms with Gasteiger partial charge in [0.15, 0.2) is 0 Å². The summed E-state index contributed by atoms with van der Waals surface area (Å²) >= 11 is 0. The highest BCUT2D eigenvalue weighted by Gasteiger charge is 2.11. The Morgan fingerprint density at radius 1 is 1.00 bits per heavy atom. The molecular formula is C23H26N4O. The number of nitrogens with zero attached hydrogens (tertiary/aromatic N) is 2. The first kappa shape index (κ1) is 19.5. The van der Waals surface area contributed by atoms with Crippen molar-refractivity contribution in [1.29, 1.82) is 0 Å². The standard InChI is InChI=1S/C23H26N4O/c1-15(2)19-8-10-20(11-9-19)27-22-13-21(25-17(4)26-22)23(28)24-14-18-7-5-6-16(3)12-18/h5-13,15H,14H2,1-4H3,(H,24,28)(H,25,26,27). The molecule has 3 aromatic rings. The number of carbonyl (C=O) groups is 1. The summed E-state index contributed by atoms with van der Waals surface area (Å²) in [6.07, 6.45) is 0. The average molecular weight is 374 g/mol. The third-order valence-electron chi connectivity index (χ3n) is 4.46. The van der Waals surface area contributed by atoms with Crippen molar-refractivity contribution < 1.29 is 4.79 Å². The lowest BCUT2D eigenvalue weighted by Gasteiger charge is -2.11. The van der Waals surface area contributed by atoms with Crippen LogP contribution in [0, 0.1) is 13.8 Å². The zero-order chi connectivity index (χ0) is 20.1. The van der Waals surface area contributed by atoms with Gasteiger partial charge in [0.2, 0.25) is 0 Å². The zero-order valence-electron chi connectivity index (χ0n) is 16.8. The Hall–Kier alpha value is -3.21. The van der Waals surface area contributed by atoms with E-state index in [4.69, 9.17) is 0 Å². The highest BCUT2D eigenvalue weighted by Crippen LogP contribution is 2.20. The number of carbonyl (C=O) groups excluding carboxylic acids is 1. The lowest BCUT2D eigenvalue weighted by atomic mass is 10.0. The highest BCUT2D eigenvalue weighted by atomic mass is 16.1. The maximum Gasteiger partial charge on any atom is 0.270 e. The van der Waals surface area contributed by atoms with Gasteiger partial charge >= 0.3 is 0 Å². The molecule has 2 aromatic carbocycles. The molecule has 5 nitrogen and oxygen atoms in total. The molecule has 0 bridgehead atoms. The summed E-state index contributed by atoms with van der Waals surface area (Å²) in [5, 5.41) is 6.18. The van der Waals surface area contributed by atoms with Crippen LogP contribution in [0.2, 0.25) is 0 Å². The summed E-state index contributed by atoms with van der Waals surface area (Å²) in [4.78, 5) is 21.2. The number of rotatable bonds is 6. The average Bonchev–Trinajstić information content (AvgIpc) is 2.66. The number of aromatic nitrogens is 2. The molecule has 1 heterocycles. The molecule has 0 spiro atoms. The monoisotopic (exact) mass is 374 g/mol. The SMILES string of the molecule is Cc1cccc(CNC(=O)c2cc(Nc3ccc(C(C)C)cc3)nc(C)n2)c1. The van der Waals surface area contributed by atoms with E-state index in [1.165, 1.54) is 11.1 Å². The second kappa shape index (κ2) is 8.65. The first-order valence-electron chi connectivity index (χ1n) is 9.47. The van der Waals surface area contributed by atoms with Gasteiger partial charge in [-0.25, -0.2) is 9.97 Å². The van der Waals surface area contributed by atoms with Crippen LogP contribution in [0.15, 0.2) is 54.6 Å². The van der Waals surface area contributed by atoms with Gasteiger partial charge in [-0.3, -0.25) is 4.79 Å². The van der Waals surface area contributed by atoms with E-state index in [1.54, 1.807) is 13.0 Å². The largest absolute Gasteiger partial charge is 0.347 e. The van der Waals surface area contributed by atoms with Gasteiger partial charge in [0, 0.05) is 18.3 Å². The normalized spacial score (nSPS) is 10.8. The molecule has 1 amide bonds. The van der Waals surface area contributed by atoms with Gasteiger partial charge in [0.1, 0.15) is 17.3 Å². The number of hydrogen-bond acceptors (Lipinski definition) is 4. The zero-order valence-corrected chi connectivity index (χ0v) is 16.8. The lowest BCUT2D eigenvalue weighted by Crippen LogP contribution is -2.24. The van der Waals surface area contributed by atoms with Crippen LogP contribution in [0.4, 0.5) is 11.5 Å². The van der Waals surface area contributed by atoms with E-state index in [0.29, 0.717) is 29.8 Å². The number of amides is 1. The van der Waals surface area contributed by atoms with Gasteiger partial charge in [-0.15, -0.1) is 0 Å². The molecule has 1 aromatic heterocycles. The van der Waals surface area contributed by atoms with Crippen LogP contribution in [0.5, 0.6) is 0 Å². The molecule has 0 aliphatic carbocycles. The van der Waals surface area contributed by atoms with Gasteiger partial charge in [-0.05, 0) is 43.0 Å². The fourth-order valence-electron chi connectivity index (χ4n) is 2.94. The molecule has 0 fully saturated rings. The number of nitrogens with one attached hydrogen (secondary N) is 2. The van der Waals surface area contributed by atoms with Crippen LogP contribution >= 0.6 is 0 Å². The van der Waals surface area contributed by atoms with Crippen LogP contribution in [-0.2, 0) is 6.54 Å². The Kier molecular flexibility index (Phi) is 6.04. The second-order valence-corrected chi connectivity index (χ2v) is 7.26. The summed E-state index contributed by atoms with van der Waals surface area (Å²) in [6, 6.07) is 18.0. The predicted octanol–water partition coefficient (Wildman–Crippen LogP) is 4.89. The molecule has 2 N–H and O–H groups in total. The van der Waals surface area contributed by atoms with Crippen molar-refractivity contribution in [2.24, 2.45) is 0 Å². The summed E-state index contributed by atoms with van der Waals surface area (Å²) in [7, 11) is 0. The lowest BCUT2D eigenvalue weighted by molar-refractivity contribution is 0.0945. The van der Waals surface area contributed by atoms with Gasteiger partial charge < -0.3 is 10.6 Å². The summed E-state index contributed by atoms with van der Waals surface area (Å²) in [6.45, 7) is 8.60. The van der Waals surface area contributed by atoms with Gasteiger partial charge in [-0.1, -0.05) is 55.8 Å². The first-order valence-corrected chi connectivity index (χ1v) is 9.47. The van der Waals surface area contributed by atoms with Crippen molar-refractivity contribution in [2.75, 3.05) is 5.32 Å². The maximum absolute atomic E-state index is 12.6. The Morgan fingerprint density at radius 2 is 1.75 bits per heavy atom. The Labute approximate surface area is 166 Å².